The fourth-order valence-electron chi connectivity index (χ4n) is 9.93. The molecule has 0 radical (unpaired) electrons. The molecular weight excluding hydrogens is 889 g/mol. The molecule has 0 aliphatic carbocycles. The fourth-order valence-corrected chi connectivity index (χ4v) is 11.2. The predicted octanol–water partition coefficient (Wildman–Crippen LogP) is 15.5. The molecule has 5 aromatic heterocycles. The van der Waals surface area contributed by atoms with E-state index < -0.39 is 0 Å². The Hall–Kier alpha value is -8.92. The lowest BCUT2D eigenvalue weighted by atomic mass is 10.1. The molecule has 0 unspecified atom stereocenters. The Balaban J connectivity index is 1.26. The summed E-state index contributed by atoms with van der Waals surface area (Å²) in [4.78, 5) is 33.2. The van der Waals surface area contributed by atoms with E-state index in [2.05, 4.69) is 158 Å². The Morgan fingerprint density at radius 1 is 0.310 bits per heavy atom. The van der Waals surface area contributed by atoms with E-state index in [0.29, 0.717) is 34.9 Å². The Kier molecular flexibility index (Phi) is 10.1. The second kappa shape index (κ2) is 16.9. The quantitative estimate of drug-likeness (QED) is 0.151. The maximum atomic E-state index is 5.54. The summed E-state index contributed by atoms with van der Waals surface area (Å²) in [6.07, 6.45) is 0. The van der Waals surface area contributed by atoms with Crippen molar-refractivity contribution in [3.63, 3.8) is 0 Å². The van der Waals surface area contributed by atoms with Crippen LogP contribution in [0.1, 0.15) is 22.3 Å². The molecule has 5 heterocycles. The maximum Gasteiger partial charge on any atom is 0.174 e. The predicted molar refractivity (Wildman–Crippen MR) is 291 cm³/mol. The number of hydrogen-bond donors (Lipinski definition) is 0. The van der Waals surface area contributed by atoms with Gasteiger partial charge >= 0.3 is 0 Å². The second-order valence-electron chi connectivity index (χ2n) is 18.3. The molecule has 0 aliphatic rings. The summed E-state index contributed by atoms with van der Waals surface area (Å²) >= 11 is 1.65. The molecule has 338 valence electrons. The first-order valence-electron chi connectivity index (χ1n) is 23.8. The number of hydrogen-bond acceptors (Lipinski definition) is 7. The minimum Gasteiger partial charge on any atom is -0.306 e. The number of rotatable bonds is 8. The molecule has 0 atom stereocenters. The van der Waals surface area contributed by atoms with Crippen molar-refractivity contribution in [3.8, 4) is 78.3 Å². The van der Waals surface area contributed by atoms with Gasteiger partial charge in [-0.2, -0.15) is 0 Å². The van der Waals surface area contributed by atoms with Crippen LogP contribution in [0.2, 0.25) is 0 Å². The van der Waals surface area contributed by atoms with Crippen molar-refractivity contribution in [2.24, 2.45) is 0 Å². The van der Waals surface area contributed by atoms with E-state index in [0.717, 1.165) is 76.2 Å². The lowest BCUT2D eigenvalue weighted by Gasteiger charge is -2.16. The monoisotopic (exact) mass is 932 g/mol. The molecule has 8 nitrogen and oxygen atoms in total. The van der Waals surface area contributed by atoms with E-state index in [-0.39, 0.29) is 0 Å². The number of aromatic nitrogens is 8. The van der Waals surface area contributed by atoms with E-state index in [1.807, 2.05) is 72.8 Å². The van der Waals surface area contributed by atoms with Crippen molar-refractivity contribution in [1.29, 1.82) is 0 Å². The highest BCUT2D eigenvalue weighted by Crippen LogP contribution is 2.51. The topological polar surface area (TPSA) is 87.2 Å². The highest BCUT2D eigenvalue weighted by atomic mass is 32.1. The first-order chi connectivity index (χ1) is 34.8. The van der Waals surface area contributed by atoms with E-state index in [1.165, 1.54) is 33.0 Å². The number of fused-ring (bicyclic) bond motifs is 6. The van der Waals surface area contributed by atoms with Gasteiger partial charge in [-0.05, 0) is 76.2 Å². The molecule has 0 saturated carbocycles. The molecule has 0 aliphatic heterocycles. The highest BCUT2D eigenvalue weighted by molar-refractivity contribution is 7.19. The SMILES string of the molecule is Cc1ccc2c(c1)c1cc(C)ccc1n2-c1sc(-c2nc(-c3ccccc3)nc(-c3ccccc3)n2)c(-c2nc(-c3ccccc3)nc(-c3ccccc3)n2)c1-n1c2ccc(C)cc2c2cc(C)ccc21. The molecule has 13 rings (SSSR count). The maximum absolute atomic E-state index is 5.54. The van der Waals surface area contributed by atoms with Crippen LogP contribution in [0.5, 0.6) is 0 Å². The standard InChI is InChI=1S/C62H44N8S/c1-37-25-29-49-45(33-37)46-34-38(2)26-30-50(46)69(49)54-53(60-65-56(41-17-9-5-10-18-41)63-57(66-60)42-19-11-6-12-20-42)55(61-67-58(43-21-13-7-14-22-43)64-59(68-61)44-23-15-8-16-24-44)71-62(54)70-51-31-27-39(3)35-47(51)48-36-40(4)28-32-52(48)70/h5-36H,1-4H3. The highest BCUT2D eigenvalue weighted by Gasteiger charge is 2.32. The molecule has 0 bridgehead atoms. The molecule has 0 spiro atoms. The lowest BCUT2D eigenvalue weighted by Crippen LogP contribution is -2.06. The van der Waals surface area contributed by atoms with Gasteiger partial charge in [0.25, 0.3) is 0 Å². The summed E-state index contributed by atoms with van der Waals surface area (Å²) in [6, 6.07) is 67.7. The lowest BCUT2D eigenvalue weighted by molar-refractivity contribution is 1.05. The van der Waals surface area contributed by atoms with Crippen LogP contribution in [0.25, 0.3) is 122 Å². The van der Waals surface area contributed by atoms with Crippen LogP contribution < -0.4 is 0 Å². The molecule has 0 N–H and O–H groups in total. The third kappa shape index (κ3) is 7.28. The minimum atomic E-state index is 0.495. The zero-order chi connectivity index (χ0) is 47.7. The molecule has 0 fully saturated rings. The Labute approximate surface area is 414 Å². The molecule has 0 amide bonds. The summed E-state index contributed by atoms with van der Waals surface area (Å²) in [7, 11) is 0. The van der Waals surface area contributed by atoms with Crippen molar-refractivity contribution in [3.05, 3.63) is 216 Å². The van der Waals surface area contributed by atoms with E-state index >= 15 is 0 Å². The average Bonchev–Trinajstić information content (AvgIpc) is 4.05. The summed E-state index contributed by atoms with van der Waals surface area (Å²) < 4.78 is 4.87. The first kappa shape index (κ1) is 42.2. The van der Waals surface area contributed by atoms with Crippen LogP contribution in [0.15, 0.2) is 194 Å². The molecule has 13 aromatic rings. The van der Waals surface area contributed by atoms with Crippen molar-refractivity contribution >= 4 is 54.9 Å². The Morgan fingerprint density at radius 2 is 0.606 bits per heavy atom. The summed E-state index contributed by atoms with van der Waals surface area (Å²) in [5.41, 5.74) is 14.2. The normalized spacial score (nSPS) is 11.7. The molecular formula is C62H44N8S. The van der Waals surface area contributed by atoms with Crippen LogP contribution in [0.3, 0.4) is 0 Å². The summed E-state index contributed by atoms with van der Waals surface area (Å²) in [6.45, 7) is 8.66. The van der Waals surface area contributed by atoms with Gasteiger partial charge in [0.1, 0.15) is 5.00 Å². The molecule has 8 aromatic carbocycles. The van der Waals surface area contributed by atoms with Gasteiger partial charge in [-0.3, -0.25) is 4.57 Å². The van der Waals surface area contributed by atoms with Crippen molar-refractivity contribution in [2.75, 3.05) is 0 Å². The zero-order valence-electron chi connectivity index (χ0n) is 39.5. The number of benzene rings is 8. The van der Waals surface area contributed by atoms with Crippen molar-refractivity contribution in [1.82, 2.24) is 39.0 Å². The summed E-state index contributed by atoms with van der Waals surface area (Å²) in [5.74, 6) is 3.24. The van der Waals surface area contributed by atoms with Gasteiger partial charge in [-0.15, -0.1) is 11.3 Å². The van der Waals surface area contributed by atoms with E-state index in [9.17, 15) is 0 Å². The third-order valence-corrected chi connectivity index (χ3v) is 14.4. The Bertz CT molecular complexity index is 3960. The van der Waals surface area contributed by atoms with Gasteiger partial charge in [0.15, 0.2) is 34.9 Å². The largest absolute Gasteiger partial charge is 0.306 e. The smallest absolute Gasteiger partial charge is 0.174 e. The fraction of sp³-hybridized carbons (Fsp3) is 0.0645. The van der Waals surface area contributed by atoms with Crippen LogP contribution in [0.4, 0.5) is 0 Å². The van der Waals surface area contributed by atoms with Gasteiger partial charge in [-0.1, -0.05) is 168 Å². The molecule has 0 saturated heterocycles. The second-order valence-corrected chi connectivity index (χ2v) is 19.3. The van der Waals surface area contributed by atoms with Gasteiger partial charge in [0, 0.05) is 43.8 Å². The minimum absolute atomic E-state index is 0.495. The van der Waals surface area contributed by atoms with Crippen molar-refractivity contribution < 1.29 is 0 Å². The van der Waals surface area contributed by atoms with Crippen LogP contribution in [-0.4, -0.2) is 39.0 Å². The van der Waals surface area contributed by atoms with Gasteiger partial charge in [0.2, 0.25) is 0 Å². The van der Waals surface area contributed by atoms with Gasteiger partial charge in [-0.25, -0.2) is 29.9 Å². The van der Waals surface area contributed by atoms with Crippen LogP contribution in [-0.2, 0) is 0 Å². The Morgan fingerprint density at radius 3 is 0.944 bits per heavy atom. The van der Waals surface area contributed by atoms with Gasteiger partial charge in [0.05, 0.1) is 38.2 Å². The van der Waals surface area contributed by atoms with Crippen LogP contribution in [0, 0.1) is 27.7 Å². The molecule has 9 heteroatoms. The molecule has 71 heavy (non-hydrogen) atoms. The van der Waals surface area contributed by atoms with E-state index in [1.54, 1.807) is 11.3 Å². The van der Waals surface area contributed by atoms with Gasteiger partial charge < -0.3 is 4.57 Å². The number of aryl methyl sites for hydroxylation is 4. The number of nitrogens with zero attached hydrogens (tertiary/aromatic N) is 8. The number of thiophene rings is 1. The third-order valence-electron chi connectivity index (χ3n) is 13.3. The average molecular weight is 933 g/mol. The van der Waals surface area contributed by atoms with Crippen LogP contribution >= 0.6 is 11.3 Å². The zero-order valence-corrected chi connectivity index (χ0v) is 40.3. The van der Waals surface area contributed by atoms with E-state index in [4.69, 9.17) is 29.9 Å². The van der Waals surface area contributed by atoms with Crippen molar-refractivity contribution in [2.45, 2.75) is 27.7 Å². The first-order valence-corrected chi connectivity index (χ1v) is 24.6. The summed E-state index contributed by atoms with van der Waals surface area (Å²) in [5, 5.41) is 5.63.